The summed E-state index contributed by atoms with van der Waals surface area (Å²) >= 11 is 0. The number of nitrogens with zero attached hydrogens (tertiary/aromatic N) is 1. The molecule has 6 heteroatoms. The van der Waals surface area contributed by atoms with Gasteiger partial charge in [-0.05, 0) is 36.6 Å². The quantitative estimate of drug-likeness (QED) is 0.736. The van der Waals surface area contributed by atoms with Crippen LogP contribution < -0.4 is 10.9 Å². The van der Waals surface area contributed by atoms with Gasteiger partial charge < -0.3 is 15.2 Å². The first-order chi connectivity index (χ1) is 13.6. The molecule has 0 bridgehead atoms. The lowest BCUT2D eigenvalue weighted by atomic mass is 10.1. The molecular weight excluding hydrogens is 354 g/mol. The molecule has 0 atom stereocenters. The number of aromatic nitrogens is 1. The number of pyridine rings is 1. The van der Waals surface area contributed by atoms with E-state index in [1.54, 1.807) is 24.3 Å². The van der Waals surface area contributed by atoms with E-state index in [0.29, 0.717) is 28.6 Å². The summed E-state index contributed by atoms with van der Waals surface area (Å²) in [6.45, 7) is 1.96. The molecule has 2 aromatic carbocycles. The summed E-state index contributed by atoms with van der Waals surface area (Å²) < 4.78 is 0. The number of carbonyl (C=O) groups excluding carboxylic acids is 2. The second kappa shape index (κ2) is 7.68. The van der Waals surface area contributed by atoms with Gasteiger partial charge in [0.25, 0.3) is 11.8 Å². The average molecular weight is 375 g/mol. The van der Waals surface area contributed by atoms with Crippen molar-refractivity contribution in [2.75, 3.05) is 13.1 Å². The van der Waals surface area contributed by atoms with E-state index in [4.69, 9.17) is 0 Å². The van der Waals surface area contributed by atoms with Gasteiger partial charge in [-0.15, -0.1) is 0 Å². The van der Waals surface area contributed by atoms with Crippen molar-refractivity contribution in [3.63, 3.8) is 0 Å². The first-order valence-corrected chi connectivity index (χ1v) is 9.40. The molecule has 0 aliphatic carbocycles. The minimum atomic E-state index is -0.311. The van der Waals surface area contributed by atoms with E-state index in [1.807, 2.05) is 29.2 Å². The molecule has 1 saturated heterocycles. The van der Waals surface area contributed by atoms with Gasteiger partial charge in [-0.3, -0.25) is 14.4 Å². The molecule has 4 rings (SSSR count). The predicted molar refractivity (Wildman–Crippen MR) is 107 cm³/mol. The van der Waals surface area contributed by atoms with Crippen LogP contribution in [0.1, 0.15) is 39.1 Å². The highest BCUT2D eigenvalue weighted by Crippen LogP contribution is 2.16. The van der Waals surface area contributed by atoms with Crippen molar-refractivity contribution in [3.05, 3.63) is 81.6 Å². The maximum absolute atomic E-state index is 12.6. The third kappa shape index (κ3) is 3.67. The van der Waals surface area contributed by atoms with Crippen molar-refractivity contribution < 1.29 is 9.59 Å². The van der Waals surface area contributed by atoms with Crippen molar-refractivity contribution in [2.45, 2.75) is 19.4 Å². The minimum Gasteiger partial charge on any atom is -0.348 e. The SMILES string of the molecule is O=C(NCc1ccc(C(=O)N2CCCC2)cc1)c1cc(=O)[nH]c2ccccc12. The number of nitrogens with one attached hydrogen (secondary N) is 2. The summed E-state index contributed by atoms with van der Waals surface area (Å²) in [6.07, 6.45) is 2.12. The summed E-state index contributed by atoms with van der Waals surface area (Å²) in [4.78, 5) is 41.4. The molecule has 0 saturated carbocycles. The zero-order valence-electron chi connectivity index (χ0n) is 15.4. The molecular formula is C22H21N3O3. The predicted octanol–water partition coefficient (Wildman–Crippen LogP) is 2.69. The third-order valence-corrected chi connectivity index (χ3v) is 5.04. The van der Waals surface area contributed by atoms with E-state index in [-0.39, 0.29) is 17.4 Å². The molecule has 1 aliphatic rings. The Labute approximate surface area is 162 Å². The van der Waals surface area contributed by atoms with Gasteiger partial charge in [0, 0.05) is 42.2 Å². The Kier molecular flexibility index (Phi) is 4.93. The van der Waals surface area contributed by atoms with Crippen LogP contribution in [-0.4, -0.2) is 34.8 Å². The van der Waals surface area contributed by atoms with Crippen molar-refractivity contribution in [2.24, 2.45) is 0 Å². The first-order valence-electron chi connectivity index (χ1n) is 9.40. The van der Waals surface area contributed by atoms with Gasteiger partial charge in [0.1, 0.15) is 0 Å². The molecule has 1 aliphatic heterocycles. The Morgan fingerprint density at radius 2 is 1.71 bits per heavy atom. The molecule has 2 amide bonds. The Bertz CT molecular complexity index is 1080. The number of amides is 2. The summed E-state index contributed by atoms with van der Waals surface area (Å²) in [5.74, 6) is -0.248. The summed E-state index contributed by atoms with van der Waals surface area (Å²) in [6, 6.07) is 15.8. The molecule has 28 heavy (non-hydrogen) atoms. The number of likely N-dealkylation sites (tertiary alicyclic amines) is 1. The fraction of sp³-hybridized carbons (Fsp3) is 0.227. The Morgan fingerprint density at radius 3 is 2.46 bits per heavy atom. The zero-order chi connectivity index (χ0) is 19.5. The van der Waals surface area contributed by atoms with Crippen LogP contribution in [0.5, 0.6) is 0 Å². The molecule has 0 radical (unpaired) electrons. The topological polar surface area (TPSA) is 82.3 Å². The van der Waals surface area contributed by atoms with Crippen LogP contribution in [0.2, 0.25) is 0 Å². The number of hydrogen-bond donors (Lipinski definition) is 2. The van der Waals surface area contributed by atoms with Gasteiger partial charge in [0.05, 0.1) is 5.56 Å². The van der Waals surface area contributed by atoms with Crippen LogP contribution in [0.25, 0.3) is 10.9 Å². The lowest BCUT2D eigenvalue weighted by Crippen LogP contribution is -2.27. The van der Waals surface area contributed by atoms with Gasteiger partial charge >= 0.3 is 0 Å². The number of para-hydroxylation sites is 1. The number of rotatable bonds is 4. The van der Waals surface area contributed by atoms with Gasteiger partial charge in [0.2, 0.25) is 5.56 Å². The van der Waals surface area contributed by atoms with Gasteiger partial charge in [-0.1, -0.05) is 30.3 Å². The maximum atomic E-state index is 12.6. The van der Waals surface area contributed by atoms with Gasteiger partial charge in [0.15, 0.2) is 0 Å². The molecule has 142 valence electrons. The van der Waals surface area contributed by atoms with Crippen LogP contribution in [0.4, 0.5) is 0 Å². The highest BCUT2D eigenvalue weighted by Gasteiger charge is 2.19. The Hall–Kier alpha value is -3.41. The monoisotopic (exact) mass is 375 g/mol. The number of fused-ring (bicyclic) bond motifs is 1. The van der Waals surface area contributed by atoms with Crippen LogP contribution >= 0.6 is 0 Å². The fourth-order valence-corrected chi connectivity index (χ4v) is 3.54. The van der Waals surface area contributed by atoms with E-state index in [9.17, 15) is 14.4 Å². The maximum Gasteiger partial charge on any atom is 0.253 e. The van der Waals surface area contributed by atoms with Crippen molar-refractivity contribution in [1.82, 2.24) is 15.2 Å². The van der Waals surface area contributed by atoms with E-state index >= 15 is 0 Å². The first kappa shape index (κ1) is 18.0. The second-order valence-electron chi connectivity index (χ2n) is 6.97. The Morgan fingerprint density at radius 1 is 1.00 bits per heavy atom. The number of benzene rings is 2. The average Bonchev–Trinajstić information content (AvgIpc) is 3.26. The summed E-state index contributed by atoms with van der Waals surface area (Å²) in [7, 11) is 0. The fourth-order valence-electron chi connectivity index (χ4n) is 3.54. The number of carbonyl (C=O) groups is 2. The lowest BCUT2D eigenvalue weighted by molar-refractivity contribution is 0.0792. The minimum absolute atomic E-state index is 0.0584. The van der Waals surface area contributed by atoms with Gasteiger partial charge in [-0.25, -0.2) is 0 Å². The number of H-pyrrole nitrogens is 1. The zero-order valence-corrected chi connectivity index (χ0v) is 15.4. The second-order valence-corrected chi connectivity index (χ2v) is 6.97. The molecule has 2 N–H and O–H groups in total. The lowest BCUT2D eigenvalue weighted by Gasteiger charge is -2.15. The van der Waals surface area contributed by atoms with Crippen LogP contribution in [0, 0.1) is 0 Å². The van der Waals surface area contributed by atoms with Crippen molar-refractivity contribution in [1.29, 1.82) is 0 Å². The molecule has 1 aromatic heterocycles. The smallest absolute Gasteiger partial charge is 0.253 e. The standard InChI is InChI=1S/C22H21N3O3/c26-20-13-18(17-5-1-2-6-19(17)24-20)21(27)23-14-15-7-9-16(10-8-15)22(28)25-11-3-4-12-25/h1-2,5-10,13H,3-4,11-12,14H2,(H,23,27)(H,24,26). The molecule has 3 aromatic rings. The van der Waals surface area contributed by atoms with E-state index < -0.39 is 0 Å². The van der Waals surface area contributed by atoms with Crippen molar-refractivity contribution >= 4 is 22.7 Å². The summed E-state index contributed by atoms with van der Waals surface area (Å²) in [5, 5.41) is 3.55. The van der Waals surface area contributed by atoms with E-state index in [0.717, 1.165) is 31.5 Å². The van der Waals surface area contributed by atoms with Gasteiger partial charge in [-0.2, -0.15) is 0 Å². The largest absolute Gasteiger partial charge is 0.348 e. The molecule has 0 unspecified atom stereocenters. The third-order valence-electron chi connectivity index (χ3n) is 5.04. The molecule has 6 nitrogen and oxygen atoms in total. The van der Waals surface area contributed by atoms with Crippen LogP contribution in [0.3, 0.4) is 0 Å². The van der Waals surface area contributed by atoms with E-state index in [2.05, 4.69) is 10.3 Å². The van der Waals surface area contributed by atoms with Crippen LogP contribution in [-0.2, 0) is 6.54 Å². The highest BCUT2D eigenvalue weighted by molar-refractivity contribution is 6.05. The summed E-state index contributed by atoms with van der Waals surface area (Å²) in [5.41, 5.74) is 2.22. The number of aromatic amines is 1. The Balaban J connectivity index is 1.45. The number of hydrogen-bond acceptors (Lipinski definition) is 3. The van der Waals surface area contributed by atoms with E-state index in [1.165, 1.54) is 6.07 Å². The molecule has 0 spiro atoms. The highest BCUT2D eigenvalue weighted by atomic mass is 16.2. The van der Waals surface area contributed by atoms with Crippen LogP contribution in [0.15, 0.2) is 59.4 Å². The molecule has 1 fully saturated rings. The molecule has 2 heterocycles. The normalized spacial score (nSPS) is 13.6. The van der Waals surface area contributed by atoms with Crippen molar-refractivity contribution in [3.8, 4) is 0 Å².